The number of carboxylic acids is 1. The second-order valence-corrected chi connectivity index (χ2v) is 5.15. The predicted octanol–water partition coefficient (Wildman–Crippen LogP) is 2.65. The molecule has 0 saturated heterocycles. The van der Waals surface area contributed by atoms with E-state index in [-0.39, 0.29) is 17.6 Å². The highest BCUT2D eigenvalue weighted by molar-refractivity contribution is 7.98. The Morgan fingerprint density at radius 3 is 2.47 bits per heavy atom. The number of carbonyl (C=O) groups excluding carboxylic acids is 1. The van der Waals surface area contributed by atoms with Crippen molar-refractivity contribution >= 4 is 29.4 Å². The van der Waals surface area contributed by atoms with Gasteiger partial charge in [0.1, 0.15) is 0 Å². The van der Waals surface area contributed by atoms with Gasteiger partial charge in [-0.05, 0) is 49.6 Å². The molecule has 1 rings (SSSR count). The van der Waals surface area contributed by atoms with Gasteiger partial charge in [-0.3, -0.25) is 0 Å². The average molecular weight is 282 g/mol. The standard InChI is InChI=1S/C13H18N2O3S/c1-9(7-8-19-2)14-13(18)15-11-5-3-10(4-6-11)12(16)17/h3-6,9H,7-8H2,1-2H3,(H,16,17)(H2,14,15,18). The Morgan fingerprint density at radius 2 is 1.95 bits per heavy atom. The third kappa shape index (κ3) is 5.65. The number of carbonyl (C=O) groups is 2. The average Bonchev–Trinajstić information content (AvgIpc) is 2.36. The number of nitrogens with one attached hydrogen (secondary N) is 2. The van der Waals surface area contributed by atoms with Gasteiger partial charge >= 0.3 is 12.0 Å². The lowest BCUT2D eigenvalue weighted by Gasteiger charge is -2.14. The Labute approximate surface area is 116 Å². The monoisotopic (exact) mass is 282 g/mol. The smallest absolute Gasteiger partial charge is 0.335 e. The summed E-state index contributed by atoms with van der Waals surface area (Å²) in [6.07, 6.45) is 2.93. The highest BCUT2D eigenvalue weighted by atomic mass is 32.2. The van der Waals surface area contributed by atoms with Crippen molar-refractivity contribution in [3.05, 3.63) is 29.8 Å². The van der Waals surface area contributed by atoms with Crippen LogP contribution in [-0.4, -0.2) is 35.2 Å². The van der Waals surface area contributed by atoms with E-state index in [9.17, 15) is 9.59 Å². The van der Waals surface area contributed by atoms with Crippen LogP contribution in [0.4, 0.5) is 10.5 Å². The number of carboxylic acid groups (broad SMARTS) is 1. The van der Waals surface area contributed by atoms with Crippen LogP contribution in [0.25, 0.3) is 0 Å². The zero-order valence-electron chi connectivity index (χ0n) is 11.0. The molecular weight excluding hydrogens is 264 g/mol. The molecule has 104 valence electrons. The predicted molar refractivity (Wildman–Crippen MR) is 78.0 cm³/mol. The van der Waals surface area contributed by atoms with Crippen LogP contribution >= 0.6 is 11.8 Å². The van der Waals surface area contributed by atoms with Gasteiger partial charge in [-0.25, -0.2) is 9.59 Å². The summed E-state index contributed by atoms with van der Waals surface area (Å²) in [6, 6.07) is 5.86. The first-order chi connectivity index (χ1) is 9.02. The van der Waals surface area contributed by atoms with E-state index in [4.69, 9.17) is 5.11 Å². The van der Waals surface area contributed by atoms with E-state index < -0.39 is 5.97 Å². The number of urea groups is 1. The van der Waals surface area contributed by atoms with Crippen LogP contribution in [0, 0.1) is 0 Å². The summed E-state index contributed by atoms with van der Waals surface area (Å²) < 4.78 is 0. The molecule has 1 aromatic carbocycles. The summed E-state index contributed by atoms with van der Waals surface area (Å²) in [6.45, 7) is 1.95. The van der Waals surface area contributed by atoms with Gasteiger partial charge in [0.05, 0.1) is 5.56 Å². The van der Waals surface area contributed by atoms with Crippen LogP contribution < -0.4 is 10.6 Å². The Kier molecular flexibility index (Phi) is 6.21. The van der Waals surface area contributed by atoms with Crippen LogP contribution in [-0.2, 0) is 0 Å². The Hall–Kier alpha value is -1.69. The van der Waals surface area contributed by atoms with Gasteiger partial charge in [-0.15, -0.1) is 0 Å². The molecule has 0 aromatic heterocycles. The summed E-state index contributed by atoms with van der Waals surface area (Å²) in [5.74, 6) is 0.0102. The van der Waals surface area contributed by atoms with Gasteiger partial charge < -0.3 is 15.7 Å². The van der Waals surface area contributed by atoms with Crippen LogP contribution in [0.2, 0.25) is 0 Å². The molecule has 0 spiro atoms. The molecule has 6 heteroatoms. The van der Waals surface area contributed by atoms with Crippen molar-refractivity contribution in [3.8, 4) is 0 Å². The number of anilines is 1. The van der Waals surface area contributed by atoms with Gasteiger partial charge in [0.2, 0.25) is 0 Å². The Balaban J connectivity index is 2.45. The minimum atomic E-state index is -0.985. The molecular formula is C13H18N2O3S. The Morgan fingerprint density at radius 1 is 1.32 bits per heavy atom. The van der Waals surface area contributed by atoms with E-state index in [0.717, 1.165) is 12.2 Å². The van der Waals surface area contributed by atoms with Crippen molar-refractivity contribution in [2.24, 2.45) is 0 Å². The zero-order chi connectivity index (χ0) is 14.3. The maximum atomic E-state index is 11.7. The maximum absolute atomic E-state index is 11.7. The van der Waals surface area contributed by atoms with Crippen molar-refractivity contribution in [2.45, 2.75) is 19.4 Å². The molecule has 0 aliphatic carbocycles. The SMILES string of the molecule is CSCCC(C)NC(=O)Nc1ccc(C(=O)O)cc1. The lowest BCUT2D eigenvalue weighted by Crippen LogP contribution is -2.36. The second-order valence-electron chi connectivity index (χ2n) is 4.16. The van der Waals surface area contributed by atoms with E-state index in [1.165, 1.54) is 12.1 Å². The van der Waals surface area contributed by atoms with E-state index >= 15 is 0 Å². The van der Waals surface area contributed by atoms with Gasteiger partial charge in [0.25, 0.3) is 0 Å². The van der Waals surface area contributed by atoms with Crippen molar-refractivity contribution in [1.29, 1.82) is 0 Å². The van der Waals surface area contributed by atoms with Crippen molar-refractivity contribution in [2.75, 3.05) is 17.3 Å². The first kappa shape index (κ1) is 15.4. The first-order valence-corrected chi connectivity index (χ1v) is 7.32. The minimum absolute atomic E-state index is 0.103. The Bertz CT molecular complexity index is 434. The normalized spacial score (nSPS) is 11.7. The quantitative estimate of drug-likeness (QED) is 0.749. The number of amides is 2. The molecule has 19 heavy (non-hydrogen) atoms. The second kappa shape index (κ2) is 7.68. The van der Waals surface area contributed by atoms with Crippen molar-refractivity contribution < 1.29 is 14.7 Å². The number of hydrogen-bond acceptors (Lipinski definition) is 3. The summed E-state index contributed by atoms with van der Waals surface area (Å²) in [4.78, 5) is 22.3. The number of hydrogen-bond donors (Lipinski definition) is 3. The molecule has 1 unspecified atom stereocenters. The minimum Gasteiger partial charge on any atom is -0.478 e. The van der Waals surface area contributed by atoms with E-state index in [1.54, 1.807) is 23.9 Å². The molecule has 0 saturated carbocycles. The van der Waals surface area contributed by atoms with Crippen LogP contribution in [0.1, 0.15) is 23.7 Å². The number of benzene rings is 1. The summed E-state index contributed by atoms with van der Waals surface area (Å²) in [5.41, 5.74) is 0.763. The fourth-order valence-corrected chi connectivity index (χ4v) is 2.04. The third-order valence-electron chi connectivity index (χ3n) is 2.52. The highest BCUT2D eigenvalue weighted by Crippen LogP contribution is 2.09. The topological polar surface area (TPSA) is 78.4 Å². The summed E-state index contributed by atoms with van der Waals surface area (Å²) in [7, 11) is 0. The van der Waals surface area contributed by atoms with Gasteiger partial charge in [-0.1, -0.05) is 0 Å². The number of thioether (sulfide) groups is 1. The first-order valence-electron chi connectivity index (χ1n) is 5.92. The molecule has 1 aromatic rings. The van der Waals surface area contributed by atoms with Crippen LogP contribution in [0.15, 0.2) is 24.3 Å². The molecule has 0 aliphatic heterocycles. The van der Waals surface area contributed by atoms with E-state index in [1.807, 2.05) is 13.2 Å². The van der Waals surface area contributed by atoms with Gasteiger partial charge in [0.15, 0.2) is 0 Å². The fraction of sp³-hybridized carbons (Fsp3) is 0.385. The van der Waals surface area contributed by atoms with E-state index in [0.29, 0.717) is 5.69 Å². The molecule has 2 amide bonds. The molecule has 0 aliphatic rings. The van der Waals surface area contributed by atoms with Crippen molar-refractivity contribution in [1.82, 2.24) is 5.32 Å². The van der Waals surface area contributed by atoms with Crippen LogP contribution in [0.5, 0.6) is 0 Å². The molecule has 0 heterocycles. The number of aromatic carboxylic acids is 1. The molecule has 1 atom stereocenters. The van der Waals surface area contributed by atoms with Gasteiger partial charge in [0, 0.05) is 11.7 Å². The molecule has 5 nitrogen and oxygen atoms in total. The largest absolute Gasteiger partial charge is 0.478 e. The molecule has 0 fully saturated rings. The van der Waals surface area contributed by atoms with E-state index in [2.05, 4.69) is 10.6 Å². The maximum Gasteiger partial charge on any atom is 0.335 e. The van der Waals surface area contributed by atoms with Crippen LogP contribution in [0.3, 0.4) is 0 Å². The lowest BCUT2D eigenvalue weighted by molar-refractivity contribution is 0.0697. The van der Waals surface area contributed by atoms with Crippen molar-refractivity contribution in [3.63, 3.8) is 0 Å². The molecule has 0 bridgehead atoms. The lowest BCUT2D eigenvalue weighted by atomic mass is 10.2. The highest BCUT2D eigenvalue weighted by Gasteiger charge is 2.07. The summed E-state index contributed by atoms with van der Waals surface area (Å²) >= 11 is 1.74. The molecule has 3 N–H and O–H groups in total. The number of rotatable bonds is 6. The third-order valence-corrected chi connectivity index (χ3v) is 3.17. The zero-order valence-corrected chi connectivity index (χ0v) is 11.8. The summed E-state index contributed by atoms with van der Waals surface area (Å²) in [5, 5.41) is 14.2. The fourth-order valence-electron chi connectivity index (χ4n) is 1.45. The molecule has 0 radical (unpaired) electrons. The van der Waals surface area contributed by atoms with Gasteiger partial charge in [-0.2, -0.15) is 11.8 Å².